The van der Waals surface area contributed by atoms with Gasteiger partial charge in [-0.1, -0.05) is 26.7 Å². The maximum absolute atomic E-state index is 4.52. The Balaban J connectivity index is 2.88. The second-order valence-electron chi connectivity index (χ2n) is 4.68. The van der Waals surface area contributed by atoms with Gasteiger partial charge >= 0.3 is 0 Å². The van der Waals surface area contributed by atoms with E-state index in [1.807, 2.05) is 6.20 Å². The van der Waals surface area contributed by atoms with Crippen molar-refractivity contribution in [3.05, 3.63) is 16.6 Å². The number of aromatic nitrogens is 1. The SMILES string of the molecule is CCCCC(CC)(NC(C)C)c1nccs1. The topological polar surface area (TPSA) is 24.9 Å². The van der Waals surface area contributed by atoms with Crippen molar-refractivity contribution in [1.82, 2.24) is 10.3 Å². The van der Waals surface area contributed by atoms with Gasteiger partial charge in [0.1, 0.15) is 5.01 Å². The molecule has 0 aliphatic heterocycles. The van der Waals surface area contributed by atoms with Gasteiger partial charge in [-0.15, -0.1) is 11.3 Å². The van der Waals surface area contributed by atoms with Crippen molar-refractivity contribution < 1.29 is 0 Å². The van der Waals surface area contributed by atoms with Crippen LogP contribution in [-0.4, -0.2) is 11.0 Å². The van der Waals surface area contributed by atoms with Crippen LogP contribution in [0.5, 0.6) is 0 Å². The molecule has 1 aromatic rings. The minimum atomic E-state index is 0.0956. The molecule has 3 heteroatoms. The summed E-state index contributed by atoms with van der Waals surface area (Å²) in [5.41, 5.74) is 0.0956. The molecule has 0 aliphatic carbocycles. The highest BCUT2D eigenvalue weighted by atomic mass is 32.1. The molecule has 92 valence electrons. The number of thiazole rings is 1. The van der Waals surface area contributed by atoms with Gasteiger partial charge in [-0.25, -0.2) is 4.98 Å². The summed E-state index contributed by atoms with van der Waals surface area (Å²) < 4.78 is 0. The third kappa shape index (κ3) is 3.29. The van der Waals surface area contributed by atoms with Crippen molar-refractivity contribution in [3.8, 4) is 0 Å². The molecule has 0 fully saturated rings. The Morgan fingerprint density at radius 1 is 1.44 bits per heavy atom. The van der Waals surface area contributed by atoms with Crippen molar-refractivity contribution >= 4 is 11.3 Å². The molecule has 0 aliphatic rings. The maximum atomic E-state index is 4.52. The van der Waals surface area contributed by atoms with Crippen molar-refractivity contribution in [2.45, 2.75) is 65.0 Å². The average Bonchev–Trinajstić information content (AvgIpc) is 2.77. The summed E-state index contributed by atoms with van der Waals surface area (Å²) in [6.45, 7) is 8.93. The molecule has 1 unspecified atom stereocenters. The lowest BCUT2D eigenvalue weighted by atomic mass is 9.89. The zero-order valence-electron chi connectivity index (χ0n) is 10.9. The van der Waals surface area contributed by atoms with Crippen LogP contribution >= 0.6 is 11.3 Å². The number of nitrogens with one attached hydrogen (secondary N) is 1. The summed E-state index contributed by atoms with van der Waals surface area (Å²) in [7, 11) is 0. The van der Waals surface area contributed by atoms with Gasteiger partial charge in [0.15, 0.2) is 0 Å². The van der Waals surface area contributed by atoms with Gasteiger partial charge in [0.05, 0.1) is 5.54 Å². The van der Waals surface area contributed by atoms with E-state index in [0.29, 0.717) is 6.04 Å². The monoisotopic (exact) mass is 240 g/mol. The average molecular weight is 240 g/mol. The second-order valence-corrected chi connectivity index (χ2v) is 5.57. The highest BCUT2D eigenvalue weighted by Crippen LogP contribution is 2.32. The molecule has 0 amide bonds. The Morgan fingerprint density at radius 2 is 2.19 bits per heavy atom. The zero-order valence-corrected chi connectivity index (χ0v) is 11.7. The fourth-order valence-electron chi connectivity index (χ4n) is 2.16. The standard InChI is InChI=1S/C13H24N2S/c1-5-7-8-13(6-2,15-11(3)4)12-14-9-10-16-12/h9-11,15H,5-8H2,1-4H3. The summed E-state index contributed by atoms with van der Waals surface area (Å²) in [6, 6.07) is 0.501. The van der Waals surface area contributed by atoms with E-state index in [-0.39, 0.29) is 5.54 Å². The summed E-state index contributed by atoms with van der Waals surface area (Å²) in [4.78, 5) is 4.52. The highest BCUT2D eigenvalue weighted by Gasteiger charge is 2.32. The Hall–Kier alpha value is -0.410. The van der Waals surface area contributed by atoms with Gasteiger partial charge in [0.2, 0.25) is 0 Å². The molecule has 2 nitrogen and oxygen atoms in total. The van der Waals surface area contributed by atoms with Crippen molar-refractivity contribution in [3.63, 3.8) is 0 Å². The molecular formula is C13H24N2S. The normalized spacial score (nSPS) is 15.3. The van der Waals surface area contributed by atoms with E-state index in [2.05, 4.69) is 43.4 Å². The Kier molecular flexibility index (Phi) is 5.42. The summed E-state index contributed by atoms with van der Waals surface area (Å²) in [5.74, 6) is 0. The molecule has 0 radical (unpaired) electrons. The fraction of sp³-hybridized carbons (Fsp3) is 0.769. The van der Waals surface area contributed by atoms with E-state index in [1.54, 1.807) is 11.3 Å². The van der Waals surface area contributed by atoms with E-state index in [4.69, 9.17) is 0 Å². The van der Waals surface area contributed by atoms with Crippen molar-refractivity contribution in [2.75, 3.05) is 0 Å². The molecule has 16 heavy (non-hydrogen) atoms. The number of rotatable bonds is 7. The van der Waals surface area contributed by atoms with Crippen LogP contribution in [0.4, 0.5) is 0 Å². The number of nitrogens with zero attached hydrogens (tertiary/aromatic N) is 1. The third-order valence-corrected chi connectivity index (χ3v) is 3.94. The van der Waals surface area contributed by atoms with Crippen LogP contribution in [0.3, 0.4) is 0 Å². The minimum Gasteiger partial charge on any atom is -0.303 e. The molecule has 1 rings (SSSR count). The second kappa shape index (κ2) is 6.36. The van der Waals surface area contributed by atoms with Crippen LogP contribution in [0.15, 0.2) is 11.6 Å². The number of unbranched alkanes of at least 4 members (excludes halogenated alkanes) is 1. The first-order chi connectivity index (χ1) is 7.64. The van der Waals surface area contributed by atoms with Gasteiger partial charge in [0.25, 0.3) is 0 Å². The third-order valence-electron chi connectivity index (χ3n) is 2.97. The molecule has 0 aromatic carbocycles. The van der Waals surface area contributed by atoms with Crippen LogP contribution < -0.4 is 5.32 Å². The van der Waals surface area contributed by atoms with E-state index < -0.39 is 0 Å². The first-order valence-corrected chi connectivity index (χ1v) is 7.20. The molecule has 1 atom stereocenters. The highest BCUT2D eigenvalue weighted by molar-refractivity contribution is 7.09. The molecule has 1 aromatic heterocycles. The first-order valence-electron chi connectivity index (χ1n) is 6.32. The van der Waals surface area contributed by atoms with Crippen molar-refractivity contribution in [2.24, 2.45) is 0 Å². The predicted octanol–water partition coefficient (Wildman–Crippen LogP) is 3.94. The van der Waals surface area contributed by atoms with E-state index >= 15 is 0 Å². The van der Waals surface area contributed by atoms with E-state index in [0.717, 1.165) is 6.42 Å². The molecule has 1 N–H and O–H groups in total. The van der Waals surface area contributed by atoms with Gasteiger partial charge in [-0.2, -0.15) is 0 Å². The van der Waals surface area contributed by atoms with Crippen LogP contribution in [0.25, 0.3) is 0 Å². The molecule has 0 bridgehead atoms. The molecule has 1 heterocycles. The lowest BCUT2D eigenvalue weighted by molar-refractivity contribution is 0.265. The van der Waals surface area contributed by atoms with Crippen LogP contribution in [0, 0.1) is 0 Å². The van der Waals surface area contributed by atoms with Crippen molar-refractivity contribution in [1.29, 1.82) is 0 Å². The lowest BCUT2D eigenvalue weighted by Gasteiger charge is -2.34. The molecule has 0 saturated carbocycles. The van der Waals surface area contributed by atoms with Crippen LogP contribution in [0.2, 0.25) is 0 Å². The quantitative estimate of drug-likeness (QED) is 0.781. The summed E-state index contributed by atoms with van der Waals surface area (Å²) >= 11 is 1.77. The maximum Gasteiger partial charge on any atom is 0.113 e. The minimum absolute atomic E-state index is 0.0956. The van der Waals surface area contributed by atoms with E-state index in [9.17, 15) is 0 Å². The predicted molar refractivity (Wildman–Crippen MR) is 71.9 cm³/mol. The fourth-order valence-corrected chi connectivity index (χ4v) is 3.07. The van der Waals surface area contributed by atoms with E-state index in [1.165, 1.54) is 24.3 Å². The summed E-state index contributed by atoms with van der Waals surface area (Å²) in [5, 5.41) is 7.05. The van der Waals surface area contributed by atoms with Gasteiger partial charge < -0.3 is 5.32 Å². The van der Waals surface area contributed by atoms with Crippen LogP contribution in [-0.2, 0) is 5.54 Å². The molecular weight excluding hydrogens is 216 g/mol. The Labute approximate surface area is 103 Å². The Morgan fingerprint density at radius 3 is 2.62 bits per heavy atom. The number of hydrogen-bond acceptors (Lipinski definition) is 3. The Bertz CT molecular complexity index is 282. The largest absolute Gasteiger partial charge is 0.303 e. The zero-order chi connectivity index (χ0) is 12.0. The summed E-state index contributed by atoms with van der Waals surface area (Å²) in [6.07, 6.45) is 6.71. The smallest absolute Gasteiger partial charge is 0.113 e. The lowest BCUT2D eigenvalue weighted by Crippen LogP contribution is -2.45. The molecule has 0 spiro atoms. The van der Waals surface area contributed by atoms with Gasteiger partial charge in [-0.3, -0.25) is 0 Å². The molecule has 0 saturated heterocycles. The van der Waals surface area contributed by atoms with Gasteiger partial charge in [-0.05, 0) is 26.7 Å². The van der Waals surface area contributed by atoms with Crippen LogP contribution in [0.1, 0.15) is 58.4 Å². The first kappa shape index (κ1) is 13.7. The number of hydrogen-bond donors (Lipinski definition) is 1. The van der Waals surface area contributed by atoms with Gasteiger partial charge in [0, 0.05) is 17.6 Å².